The molecule has 0 amide bonds. The van der Waals surface area contributed by atoms with Crippen molar-refractivity contribution in [2.45, 2.75) is 19.8 Å². The van der Waals surface area contributed by atoms with Crippen molar-refractivity contribution in [2.75, 3.05) is 25.6 Å². The second-order valence-corrected chi connectivity index (χ2v) is 4.48. The molecule has 0 aliphatic heterocycles. The molecule has 1 aromatic rings. The van der Waals surface area contributed by atoms with E-state index in [1.807, 2.05) is 24.1 Å². The zero-order chi connectivity index (χ0) is 12.8. The number of nitrogens with zero attached hydrogens (tertiary/aromatic N) is 1. The van der Waals surface area contributed by atoms with Gasteiger partial charge in [0, 0.05) is 25.0 Å². The van der Waals surface area contributed by atoms with Gasteiger partial charge in [-0.15, -0.1) is 0 Å². The van der Waals surface area contributed by atoms with Gasteiger partial charge in [0.25, 0.3) is 0 Å². The van der Waals surface area contributed by atoms with Crippen LogP contribution in [0.25, 0.3) is 0 Å². The first-order chi connectivity index (χ1) is 8.04. The number of ketones is 1. The van der Waals surface area contributed by atoms with Crippen LogP contribution in [0.5, 0.6) is 5.75 Å². The van der Waals surface area contributed by atoms with Gasteiger partial charge in [0.15, 0.2) is 0 Å². The largest absolute Gasteiger partial charge is 0.495 e. The van der Waals surface area contributed by atoms with Crippen molar-refractivity contribution in [2.24, 2.45) is 0 Å². The SMILES string of the molecule is COc1ccc(Cl)cc1N(C)CCCC(C)=O. The van der Waals surface area contributed by atoms with Crippen LogP contribution in [-0.4, -0.2) is 26.5 Å². The molecule has 0 saturated carbocycles. The summed E-state index contributed by atoms with van der Waals surface area (Å²) in [5.41, 5.74) is 0.948. The molecule has 0 aliphatic carbocycles. The Kier molecular flexibility index (Phi) is 5.29. The molecule has 94 valence electrons. The molecule has 0 saturated heterocycles. The molecule has 0 unspecified atom stereocenters. The lowest BCUT2D eigenvalue weighted by Gasteiger charge is -2.21. The Hall–Kier alpha value is -1.22. The fourth-order valence-corrected chi connectivity index (χ4v) is 1.81. The molecule has 1 rings (SSSR count). The predicted molar refractivity (Wildman–Crippen MR) is 71.2 cm³/mol. The number of ether oxygens (including phenoxy) is 1. The van der Waals surface area contributed by atoms with Crippen molar-refractivity contribution >= 4 is 23.1 Å². The van der Waals surface area contributed by atoms with Crippen LogP contribution in [0.1, 0.15) is 19.8 Å². The number of hydrogen-bond donors (Lipinski definition) is 0. The number of benzene rings is 1. The second-order valence-electron chi connectivity index (χ2n) is 4.04. The highest BCUT2D eigenvalue weighted by atomic mass is 35.5. The van der Waals surface area contributed by atoms with Crippen molar-refractivity contribution in [3.05, 3.63) is 23.2 Å². The van der Waals surface area contributed by atoms with Crippen molar-refractivity contribution < 1.29 is 9.53 Å². The summed E-state index contributed by atoms with van der Waals surface area (Å²) in [4.78, 5) is 12.9. The number of halogens is 1. The number of carbonyl (C=O) groups excluding carboxylic acids is 1. The summed E-state index contributed by atoms with van der Waals surface area (Å²) < 4.78 is 5.28. The van der Waals surface area contributed by atoms with E-state index in [0.29, 0.717) is 11.4 Å². The van der Waals surface area contributed by atoms with Crippen LogP contribution in [0, 0.1) is 0 Å². The normalized spacial score (nSPS) is 10.1. The topological polar surface area (TPSA) is 29.5 Å². The molecule has 0 aromatic heterocycles. The Morgan fingerprint density at radius 2 is 2.18 bits per heavy atom. The standard InChI is InChI=1S/C13H18ClNO2/c1-10(16)5-4-8-15(2)12-9-11(14)6-7-13(12)17-3/h6-7,9H,4-5,8H2,1-3H3. The number of Topliss-reactive ketones (excluding diaryl/α,β-unsaturated/α-hetero) is 1. The zero-order valence-corrected chi connectivity index (χ0v) is 11.3. The van der Waals surface area contributed by atoms with E-state index in [1.165, 1.54) is 0 Å². The predicted octanol–water partition coefficient (Wildman–Crippen LogP) is 3.15. The third kappa shape index (κ3) is 4.27. The smallest absolute Gasteiger partial charge is 0.142 e. The molecule has 1 aromatic carbocycles. The van der Waals surface area contributed by atoms with Gasteiger partial charge in [0.2, 0.25) is 0 Å². The molecule has 0 radical (unpaired) electrons. The van der Waals surface area contributed by atoms with Crippen molar-refractivity contribution in [1.29, 1.82) is 0 Å². The first-order valence-electron chi connectivity index (χ1n) is 5.58. The minimum atomic E-state index is 0.219. The average Bonchev–Trinajstić information content (AvgIpc) is 2.28. The average molecular weight is 256 g/mol. The minimum Gasteiger partial charge on any atom is -0.495 e. The van der Waals surface area contributed by atoms with E-state index in [9.17, 15) is 4.79 Å². The van der Waals surface area contributed by atoms with Gasteiger partial charge < -0.3 is 14.4 Å². The highest BCUT2D eigenvalue weighted by molar-refractivity contribution is 6.30. The number of methoxy groups -OCH3 is 1. The third-order valence-corrected chi connectivity index (χ3v) is 2.81. The van der Waals surface area contributed by atoms with Gasteiger partial charge in [0.1, 0.15) is 11.5 Å². The summed E-state index contributed by atoms with van der Waals surface area (Å²) in [6.07, 6.45) is 1.44. The molecule has 0 spiro atoms. The molecule has 0 bridgehead atoms. The summed E-state index contributed by atoms with van der Waals surface area (Å²) in [5, 5.41) is 0.680. The van der Waals surface area contributed by atoms with Crippen molar-refractivity contribution in [3.63, 3.8) is 0 Å². The molecule has 0 heterocycles. The van der Waals surface area contributed by atoms with Crippen LogP contribution >= 0.6 is 11.6 Å². The molecular formula is C13H18ClNO2. The molecule has 4 heteroatoms. The van der Waals surface area contributed by atoms with Gasteiger partial charge in [-0.05, 0) is 31.5 Å². The van der Waals surface area contributed by atoms with Gasteiger partial charge in [0.05, 0.1) is 12.8 Å². The van der Waals surface area contributed by atoms with E-state index in [1.54, 1.807) is 20.1 Å². The Bertz CT molecular complexity index is 393. The van der Waals surface area contributed by atoms with E-state index in [4.69, 9.17) is 16.3 Å². The molecule has 0 fully saturated rings. The van der Waals surface area contributed by atoms with E-state index in [-0.39, 0.29) is 5.78 Å². The van der Waals surface area contributed by atoms with Gasteiger partial charge in [-0.25, -0.2) is 0 Å². The molecule has 0 N–H and O–H groups in total. The quantitative estimate of drug-likeness (QED) is 0.782. The summed E-state index contributed by atoms with van der Waals surface area (Å²) in [7, 11) is 3.60. The number of carbonyl (C=O) groups is 1. The number of anilines is 1. The molecule has 0 aliphatic rings. The van der Waals surface area contributed by atoms with Gasteiger partial charge in [-0.3, -0.25) is 0 Å². The van der Waals surface area contributed by atoms with Crippen LogP contribution in [-0.2, 0) is 4.79 Å². The van der Waals surface area contributed by atoms with E-state index < -0.39 is 0 Å². The Morgan fingerprint density at radius 1 is 1.47 bits per heavy atom. The Balaban J connectivity index is 2.69. The van der Waals surface area contributed by atoms with Crippen LogP contribution in [0.4, 0.5) is 5.69 Å². The summed E-state index contributed by atoms with van der Waals surface area (Å²) in [6, 6.07) is 5.51. The first-order valence-corrected chi connectivity index (χ1v) is 5.96. The maximum atomic E-state index is 10.9. The first kappa shape index (κ1) is 13.8. The van der Waals surface area contributed by atoms with E-state index in [0.717, 1.165) is 24.4 Å². The molecular weight excluding hydrogens is 238 g/mol. The van der Waals surface area contributed by atoms with Crippen LogP contribution in [0.15, 0.2) is 18.2 Å². The molecule has 17 heavy (non-hydrogen) atoms. The fourth-order valence-electron chi connectivity index (χ4n) is 1.65. The maximum absolute atomic E-state index is 10.9. The lowest BCUT2D eigenvalue weighted by atomic mass is 10.2. The summed E-state index contributed by atoms with van der Waals surface area (Å²) >= 11 is 5.97. The van der Waals surface area contributed by atoms with Crippen LogP contribution in [0.3, 0.4) is 0 Å². The second kappa shape index (κ2) is 6.50. The van der Waals surface area contributed by atoms with Gasteiger partial charge in [-0.1, -0.05) is 11.6 Å². The van der Waals surface area contributed by atoms with Crippen LogP contribution < -0.4 is 9.64 Å². The summed E-state index contributed by atoms with van der Waals surface area (Å²) in [5.74, 6) is 1.01. The Morgan fingerprint density at radius 3 is 2.76 bits per heavy atom. The summed E-state index contributed by atoms with van der Waals surface area (Å²) in [6.45, 7) is 2.41. The minimum absolute atomic E-state index is 0.219. The third-order valence-electron chi connectivity index (χ3n) is 2.57. The number of rotatable bonds is 6. The fraction of sp³-hybridized carbons (Fsp3) is 0.462. The molecule has 3 nitrogen and oxygen atoms in total. The lowest BCUT2D eigenvalue weighted by molar-refractivity contribution is -0.117. The maximum Gasteiger partial charge on any atom is 0.142 e. The highest BCUT2D eigenvalue weighted by Crippen LogP contribution is 2.30. The Labute approximate surface area is 107 Å². The number of hydrogen-bond acceptors (Lipinski definition) is 3. The van der Waals surface area contributed by atoms with Crippen molar-refractivity contribution in [1.82, 2.24) is 0 Å². The molecule has 0 atom stereocenters. The zero-order valence-electron chi connectivity index (χ0n) is 10.5. The van der Waals surface area contributed by atoms with Crippen molar-refractivity contribution in [3.8, 4) is 5.75 Å². The van der Waals surface area contributed by atoms with Crippen LogP contribution in [0.2, 0.25) is 5.02 Å². The van der Waals surface area contributed by atoms with E-state index >= 15 is 0 Å². The highest BCUT2D eigenvalue weighted by Gasteiger charge is 2.08. The van der Waals surface area contributed by atoms with Gasteiger partial charge in [-0.2, -0.15) is 0 Å². The van der Waals surface area contributed by atoms with Gasteiger partial charge >= 0.3 is 0 Å². The monoisotopic (exact) mass is 255 g/mol. The lowest BCUT2D eigenvalue weighted by Crippen LogP contribution is -2.19. The van der Waals surface area contributed by atoms with E-state index in [2.05, 4.69) is 0 Å².